The maximum Gasteiger partial charge on any atom is 0.266 e. The topological polar surface area (TPSA) is 44.1 Å². The molecule has 0 N–H and O–H groups in total. The van der Waals surface area contributed by atoms with E-state index in [1.54, 1.807) is 23.4 Å². The Balaban J connectivity index is 2.11. The largest absolute Gasteiger partial charge is 0.497 e. The molecule has 25 heavy (non-hydrogen) atoms. The van der Waals surface area contributed by atoms with Crippen LogP contribution in [0.4, 0.5) is 0 Å². The molecule has 0 saturated carbocycles. The Hall–Kier alpha value is -2.27. The number of ether oxygens (including phenoxy) is 1. The molecule has 1 aromatic heterocycles. The standard InChI is InChI=1S/C20H22N2O2S/c1-14(2)12-13-25-20-21-18-7-5-4-6-17(18)19(23)22(20)15-8-10-16(24-3)11-9-15/h4-11,14H,12-13H2,1-3H3. The molecule has 4 nitrogen and oxygen atoms in total. The minimum absolute atomic E-state index is 0.0391. The quantitative estimate of drug-likeness (QED) is 0.482. The summed E-state index contributed by atoms with van der Waals surface area (Å²) in [6.07, 6.45) is 1.08. The molecule has 0 saturated heterocycles. The molecule has 130 valence electrons. The number of hydrogen-bond donors (Lipinski definition) is 0. The first-order valence-corrected chi connectivity index (χ1v) is 9.37. The Morgan fingerprint density at radius 2 is 1.84 bits per heavy atom. The van der Waals surface area contributed by atoms with Crippen LogP contribution in [0.3, 0.4) is 0 Å². The number of thioether (sulfide) groups is 1. The van der Waals surface area contributed by atoms with E-state index in [2.05, 4.69) is 13.8 Å². The lowest BCUT2D eigenvalue weighted by Gasteiger charge is -2.14. The van der Waals surface area contributed by atoms with Crippen LogP contribution in [0.1, 0.15) is 20.3 Å². The number of para-hydroxylation sites is 1. The molecule has 2 aromatic carbocycles. The molecular formula is C20H22N2O2S. The molecule has 1 heterocycles. The number of benzene rings is 2. The molecule has 0 spiro atoms. The maximum atomic E-state index is 13.1. The second-order valence-electron chi connectivity index (χ2n) is 6.28. The van der Waals surface area contributed by atoms with Crippen LogP contribution < -0.4 is 10.3 Å². The van der Waals surface area contributed by atoms with E-state index in [-0.39, 0.29) is 5.56 Å². The second kappa shape index (κ2) is 7.74. The van der Waals surface area contributed by atoms with Gasteiger partial charge in [0, 0.05) is 5.75 Å². The Morgan fingerprint density at radius 3 is 2.52 bits per heavy atom. The molecule has 0 aliphatic heterocycles. The molecule has 0 aliphatic rings. The van der Waals surface area contributed by atoms with Gasteiger partial charge in [-0.25, -0.2) is 4.98 Å². The van der Waals surface area contributed by atoms with E-state index in [0.717, 1.165) is 34.3 Å². The van der Waals surface area contributed by atoms with E-state index >= 15 is 0 Å². The van der Waals surface area contributed by atoms with Crippen molar-refractivity contribution in [2.75, 3.05) is 12.9 Å². The lowest BCUT2D eigenvalue weighted by Crippen LogP contribution is -2.21. The van der Waals surface area contributed by atoms with Crippen molar-refractivity contribution in [2.45, 2.75) is 25.4 Å². The van der Waals surface area contributed by atoms with Gasteiger partial charge in [-0.3, -0.25) is 9.36 Å². The van der Waals surface area contributed by atoms with E-state index in [4.69, 9.17) is 9.72 Å². The fraction of sp³-hybridized carbons (Fsp3) is 0.300. The first-order valence-electron chi connectivity index (χ1n) is 8.39. The number of methoxy groups -OCH3 is 1. The van der Waals surface area contributed by atoms with Crippen molar-refractivity contribution in [3.8, 4) is 11.4 Å². The van der Waals surface area contributed by atoms with Crippen molar-refractivity contribution in [1.29, 1.82) is 0 Å². The zero-order valence-corrected chi connectivity index (χ0v) is 15.5. The van der Waals surface area contributed by atoms with Crippen molar-refractivity contribution in [1.82, 2.24) is 9.55 Å². The van der Waals surface area contributed by atoms with Gasteiger partial charge in [0.1, 0.15) is 5.75 Å². The fourth-order valence-corrected chi connectivity index (χ4v) is 3.81. The molecule has 3 aromatic rings. The molecule has 0 bridgehead atoms. The minimum Gasteiger partial charge on any atom is -0.497 e. The van der Waals surface area contributed by atoms with Gasteiger partial charge < -0.3 is 4.74 Å². The predicted octanol–water partition coefficient (Wildman–Crippen LogP) is 4.53. The summed E-state index contributed by atoms with van der Waals surface area (Å²) in [7, 11) is 1.63. The van der Waals surface area contributed by atoms with Gasteiger partial charge >= 0.3 is 0 Å². The van der Waals surface area contributed by atoms with Crippen LogP contribution in [-0.4, -0.2) is 22.4 Å². The lowest BCUT2D eigenvalue weighted by molar-refractivity contribution is 0.414. The van der Waals surface area contributed by atoms with E-state index in [0.29, 0.717) is 11.3 Å². The molecule has 3 rings (SSSR count). The summed E-state index contributed by atoms with van der Waals surface area (Å²) in [5.41, 5.74) is 1.50. The zero-order chi connectivity index (χ0) is 17.8. The normalized spacial score (nSPS) is 11.2. The molecular weight excluding hydrogens is 332 g/mol. The Bertz CT molecular complexity index is 917. The second-order valence-corrected chi connectivity index (χ2v) is 7.34. The van der Waals surface area contributed by atoms with E-state index < -0.39 is 0 Å². The molecule has 0 fully saturated rings. The highest BCUT2D eigenvalue weighted by molar-refractivity contribution is 7.99. The van der Waals surface area contributed by atoms with Gasteiger partial charge in [0.05, 0.1) is 23.7 Å². The highest BCUT2D eigenvalue weighted by Crippen LogP contribution is 2.24. The van der Waals surface area contributed by atoms with Crippen molar-refractivity contribution in [3.05, 3.63) is 58.9 Å². The van der Waals surface area contributed by atoms with Crippen molar-refractivity contribution >= 4 is 22.7 Å². The SMILES string of the molecule is COc1ccc(-n2c(SCCC(C)C)nc3ccccc3c2=O)cc1. The van der Waals surface area contributed by atoms with E-state index in [1.807, 2.05) is 48.5 Å². The average Bonchev–Trinajstić information content (AvgIpc) is 2.62. The highest BCUT2D eigenvalue weighted by atomic mass is 32.2. The summed E-state index contributed by atoms with van der Waals surface area (Å²) >= 11 is 1.63. The molecule has 0 aliphatic carbocycles. The first kappa shape index (κ1) is 17.5. The summed E-state index contributed by atoms with van der Waals surface area (Å²) in [6, 6.07) is 15.0. The Kier molecular flexibility index (Phi) is 5.43. The first-order chi connectivity index (χ1) is 12.1. The summed E-state index contributed by atoms with van der Waals surface area (Å²) in [5.74, 6) is 2.31. The van der Waals surface area contributed by atoms with Crippen LogP contribution in [0.2, 0.25) is 0 Å². The van der Waals surface area contributed by atoms with Gasteiger partial charge in [0.2, 0.25) is 0 Å². The van der Waals surface area contributed by atoms with E-state index in [1.165, 1.54) is 0 Å². The van der Waals surface area contributed by atoms with Crippen molar-refractivity contribution in [2.24, 2.45) is 5.92 Å². The number of fused-ring (bicyclic) bond motifs is 1. The molecule has 0 unspecified atom stereocenters. The zero-order valence-electron chi connectivity index (χ0n) is 14.7. The van der Waals surface area contributed by atoms with Gasteiger partial charge in [-0.15, -0.1) is 0 Å². The Labute approximate surface area is 151 Å². The van der Waals surface area contributed by atoms with Crippen LogP contribution in [0, 0.1) is 5.92 Å². The van der Waals surface area contributed by atoms with E-state index in [9.17, 15) is 4.79 Å². The smallest absolute Gasteiger partial charge is 0.266 e. The third-order valence-corrected chi connectivity index (χ3v) is 4.97. The summed E-state index contributed by atoms with van der Waals surface area (Å²) in [5, 5.41) is 1.36. The van der Waals surface area contributed by atoms with Crippen LogP contribution in [0.15, 0.2) is 58.5 Å². The number of rotatable bonds is 6. The summed E-state index contributed by atoms with van der Waals surface area (Å²) < 4.78 is 6.92. The number of hydrogen-bond acceptors (Lipinski definition) is 4. The van der Waals surface area contributed by atoms with Crippen LogP contribution >= 0.6 is 11.8 Å². The summed E-state index contributed by atoms with van der Waals surface area (Å²) in [4.78, 5) is 17.8. The Morgan fingerprint density at radius 1 is 1.12 bits per heavy atom. The van der Waals surface area contributed by atoms with Crippen LogP contribution in [0.25, 0.3) is 16.6 Å². The number of nitrogens with zero attached hydrogens (tertiary/aromatic N) is 2. The lowest BCUT2D eigenvalue weighted by atomic mass is 10.2. The average molecular weight is 354 g/mol. The number of aromatic nitrogens is 2. The molecule has 0 amide bonds. The maximum absolute atomic E-state index is 13.1. The van der Waals surface area contributed by atoms with Crippen molar-refractivity contribution < 1.29 is 4.74 Å². The van der Waals surface area contributed by atoms with Gasteiger partial charge in [-0.1, -0.05) is 37.7 Å². The van der Waals surface area contributed by atoms with Crippen molar-refractivity contribution in [3.63, 3.8) is 0 Å². The molecule has 5 heteroatoms. The van der Waals surface area contributed by atoms with Gasteiger partial charge in [-0.05, 0) is 48.7 Å². The van der Waals surface area contributed by atoms with Crippen LogP contribution in [-0.2, 0) is 0 Å². The van der Waals surface area contributed by atoms with Gasteiger partial charge in [0.25, 0.3) is 5.56 Å². The highest BCUT2D eigenvalue weighted by Gasteiger charge is 2.13. The summed E-state index contributed by atoms with van der Waals surface area (Å²) in [6.45, 7) is 4.40. The minimum atomic E-state index is -0.0391. The third kappa shape index (κ3) is 3.87. The third-order valence-electron chi connectivity index (χ3n) is 4.00. The monoisotopic (exact) mass is 354 g/mol. The fourth-order valence-electron chi connectivity index (χ4n) is 2.55. The van der Waals surface area contributed by atoms with Gasteiger partial charge in [-0.2, -0.15) is 0 Å². The van der Waals surface area contributed by atoms with Gasteiger partial charge in [0.15, 0.2) is 5.16 Å². The molecule has 0 atom stereocenters. The predicted molar refractivity (Wildman–Crippen MR) is 104 cm³/mol. The van der Waals surface area contributed by atoms with Crippen LogP contribution in [0.5, 0.6) is 5.75 Å². The molecule has 0 radical (unpaired) electrons.